The number of hydrogen-bond acceptors (Lipinski definition) is 5. The lowest BCUT2D eigenvalue weighted by Gasteiger charge is -2.52. The third kappa shape index (κ3) is 5.96. The highest BCUT2D eigenvalue weighted by Crippen LogP contribution is 2.56. The van der Waals surface area contributed by atoms with Gasteiger partial charge in [0.1, 0.15) is 6.61 Å². The van der Waals surface area contributed by atoms with Crippen molar-refractivity contribution >= 4 is 27.5 Å². The zero-order valence-corrected chi connectivity index (χ0v) is 27.8. The summed E-state index contributed by atoms with van der Waals surface area (Å²) in [6.07, 6.45) is 8.56. The number of ether oxygens (including phenoxy) is 2. The standard InChI is InChI=1S/C37H44BrNO4/c1-36(2)18-27-34(29(40)20-36)33(24-13-16-31(32(17-24)42-5)43-22-23-11-14-25(38)15-12-23)35-28(19-37(3,4)21-30(35)41)39(27)26-9-7-6-8-10-26/h11-17,26,33H,6-10,18-22H2,1-5H3. The summed E-state index contributed by atoms with van der Waals surface area (Å²) >= 11 is 3.49. The van der Waals surface area contributed by atoms with E-state index >= 15 is 0 Å². The van der Waals surface area contributed by atoms with E-state index in [0.29, 0.717) is 37.0 Å². The average molecular weight is 647 g/mol. The number of allylic oxidation sites excluding steroid dienone is 4. The molecule has 3 aliphatic carbocycles. The molecule has 0 N–H and O–H groups in total. The molecule has 0 amide bonds. The highest BCUT2D eigenvalue weighted by atomic mass is 79.9. The molecule has 1 heterocycles. The summed E-state index contributed by atoms with van der Waals surface area (Å²) in [5.41, 5.74) is 5.74. The molecule has 1 saturated carbocycles. The summed E-state index contributed by atoms with van der Waals surface area (Å²) in [4.78, 5) is 30.9. The van der Waals surface area contributed by atoms with Crippen LogP contribution in [0.2, 0.25) is 0 Å². The number of benzene rings is 2. The summed E-state index contributed by atoms with van der Waals surface area (Å²) in [5.74, 6) is 1.23. The molecule has 6 heteroatoms. The minimum atomic E-state index is -0.383. The van der Waals surface area contributed by atoms with Gasteiger partial charge >= 0.3 is 0 Å². The van der Waals surface area contributed by atoms with Crippen LogP contribution in [0.5, 0.6) is 11.5 Å². The summed E-state index contributed by atoms with van der Waals surface area (Å²) < 4.78 is 13.1. The minimum Gasteiger partial charge on any atom is -0.493 e. The molecule has 43 heavy (non-hydrogen) atoms. The topological polar surface area (TPSA) is 55.8 Å². The van der Waals surface area contributed by atoms with Crippen LogP contribution in [-0.4, -0.2) is 29.6 Å². The molecule has 0 spiro atoms. The summed E-state index contributed by atoms with van der Waals surface area (Å²) in [6, 6.07) is 14.4. The van der Waals surface area contributed by atoms with E-state index < -0.39 is 0 Å². The first kappa shape index (κ1) is 30.2. The molecule has 228 valence electrons. The van der Waals surface area contributed by atoms with Crippen molar-refractivity contribution < 1.29 is 19.1 Å². The smallest absolute Gasteiger partial charge is 0.162 e. The maximum atomic E-state index is 14.2. The third-order valence-electron chi connectivity index (χ3n) is 9.72. The van der Waals surface area contributed by atoms with Gasteiger partial charge in [0.05, 0.1) is 7.11 Å². The van der Waals surface area contributed by atoms with Crippen molar-refractivity contribution in [3.8, 4) is 11.5 Å². The van der Waals surface area contributed by atoms with Crippen LogP contribution in [0.1, 0.15) is 103 Å². The maximum Gasteiger partial charge on any atom is 0.162 e. The zero-order chi connectivity index (χ0) is 30.5. The van der Waals surface area contributed by atoms with E-state index in [4.69, 9.17) is 9.47 Å². The molecule has 6 rings (SSSR count). The van der Waals surface area contributed by atoms with Gasteiger partial charge in [0.15, 0.2) is 23.1 Å². The van der Waals surface area contributed by atoms with E-state index in [-0.39, 0.29) is 28.3 Å². The minimum absolute atomic E-state index is 0.123. The van der Waals surface area contributed by atoms with E-state index in [1.165, 1.54) is 19.3 Å². The number of nitrogens with zero attached hydrogens (tertiary/aromatic N) is 1. The number of ketones is 2. The van der Waals surface area contributed by atoms with Crippen molar-refractivity contribution in [2.75, 3.05) is 7.11 Å². The Morgan fingerprint density at radius 2 is 1.37 bits per heavy atom. The average Bonchev–Trinajstić information content (AvgIpc) is 2.95. The Hall–Kier alpha value is -2.86. The molecule has 5 nitrogen and oxygen atoms in total. The van der Waals surface area contributed by atoms with Gasteiger partial charge in [-0.15, -0.1) is 0 Å². The molecule has 4 aliphatic rings. The highest BCUT2D eigenvalue weighted by Gasteiger charge is 2.50. The van der Waals surface area contributed by atoms with Crippen LogP contribution in [0.3, 0.4) is 0 Å². The van der Waals surface area contributed by atoms with Crippen LogP contribution in [0, 0.1) is 10.8 Å². The van der Waals surface area contributed by atoms with Gasteiger partial charge in [-0.25, -0.2) is 0 Å². The van der Waals surface area contributed by atoms with Gasteiger partial charge < -0.3 is 14.4 Å². The predicted molar refractivity (Wildman–Crippen MR) is 173 cm³/mol. The monoisotopic (exact) mass is 645 g/mol. The van der Waals surface area contributed by atoms with Gasteiger partial charge in [-0.2, -0.15) is 0 Å². The number of hydrogen-bond donors (Lipinski definition) is 0. The van der Waals surface area contributed by atoms with Crippen molar-refractivity contribution in [1.82, 2.24) is 4.90 Å². The van der Waals surface area contributed by atoms with E-state index in [2.05, 4.69) is 48.5 Å². The molecular formula is C37H44BrNO4. The third-order valence-corrected chi connectivity index (χ3v) is 10.2. The molecule has 2 aromatic carbocycles. The van der Waals surface area contributed by atoms with E-state index in [1.54, 1.807) is 7.11 Å². The molecule has 0 saturated heterocycles. The van der Waals surface area contributed by atoms with Crippen molar-refractivity contribution in [3.63, 3.8) is 0 Å². The number of Topliss-reactive ketones (excluding diaryl/α,β-unsaturated/α-hetero) is 2. The number of carbonyl (C=O) groups is 2. The lowest BCUT2D eigenvalue weighted by Crippen LogP contribution is -2.48. The second kappa shape index (κ2) is 11.6. The van der Waals surface area contributed by atoms with Crippen molar-refractivity contribution in [1.29, 1.82) is 0 Å². The van der Waals surface area contributed by atoms with Gasteiger partial charge in [-0.3, -0.25) is 9.59 Å². The Kier molecular flexibility index (Phi) is 8.12. The lowest BCUT2D eigenvalue weighted by molar-refractivity contribution is -0.119. The maximum absolute atomic E-state index is 14.2. The Labute approximate surface area is 264 Å². The Morgan fingerprint density at radius 1 is 0.791 bits per heavy atom. The van der Waals surface area contributed by atoms with Crippen LogP contribution in [0.25, 0.3) is 0 Å². The van der Waals surface area contributed by atoms with Gasteiger partial charge in [-0.1, -0.05) is 81.1 Å². The first-order valence-corrected chi connectivity index (χ1v) is 16.6. The van der Waals surface area contributed by atoms with Crippen LogP contribution >= 0.6 is 15.9 Å². The van der Waals surface area contributed by atoms with Crippen molar-refractivity contribution in [3.05, 3.63) is 80.6 Å². The molecule has 0 atom stereocenters. The largest absolute Gasteiger partial charge is 0.493 e. The van der Waals surface area contributed by atoms with E-state index in [1.807, 2.05) is 42.5 Å². The van der Waals surface area contributed by atoms with Crippen LogP contribution in [0.15, 0.2) is 69.5 Å². The first-order chi connectivity index (χ1) is 20.5. The van der Waals surface area contributed by atoms with Gasteiger partial charge in [0, 0.05) is 51.8 Å². The van der Waals surface area contributed by atoms with Gasteiger partial charge in [0.2, 0.25) is 0 Å². The molecule has 0 bridgehead atoms. The van der Waals surface area contributed by atoms with Crippen LogP contribution < -0.4 is 9.47 Å². The first-order valence-electron chi connectivity index (χ1n) is 15.8. The van der Waals surface area contributed by atoms with Gasteiger partial charge in [0.25, 0.3) is 0 Å². The quantitative estimate of drug-likeness (QED) is 0.314. The number of rotatable bonds is 6. The number of carbonyl (C=O) groups excluding carboxylic acids is 2. The lowest BCUT2D eigenvalue weighted by atomic mass is 9.63. The zero-order valence-electron chi connectivity index (χ0n) is 26.2. The second-order valence-electron chi connectivity index (χ2n) is 14.5. The predicted octanol–water partition coefficient (Wildman–Crippen LogP) is 9.06. The summed E-state index contributed by atoms with van der Waals surface area (Å²) in [5, 5.41) is 0. The Balaban J connectivity index is 1.47. The Bertz CT molecular complexity index is 1440. The second-order valence-corrected chi connectivity index (χ2v) is 15.4. The number of halogens is 1. The molecule has 1 aliphatic heterocycles. The fourth-order valence-electron chi connectivity index (χ4n) is 7.83. The van der Waals surface area contributed by atoms with Gasteiger partial charge in [-0.05, 0) is 71.9 Å². The normalized spacial score (nSPS) is 22.4. The SMILES string of the molecule is COc1cc(C2C3=C(CC(C)(C)CC3=O)N(C3CCCCC3)C3=C2C(=O)CC(C)(C)C3)ccc1OCc1ccc(Br)cc1. The van der Waals surface area contributed by atoms with Crippen molar-refractivity contribution in [2.45, 2.75) is 104 Å². The molecular weight excluding hydrogens is 602 g/mol. The fourth-order valence-corrected chi connectivity index (χ4v) is 8.10. The van der Waals surface area contributed by atoms with E-state index in [9.17, 15) is 9.59 Å². The summed E-state index contributed by atoms with van der Waals surface area (Å²) in [6.45, 7) is 9.26. The molecule has 0 aromatic heterocycles. The molecule has 2 aromatic rings. The molecule has 1 fully saturated rings. The number of methoxy groups -OCH3 is 1. The van der Waals surface area contributed by atoms with Crippen molar-refractivity contribution in [2.24, 2.45) is 10.8 Å². The molecule has 0 radical (unpaired) electrons. The highest BCUT2D eigenvalue weighted by molar-refractivity contribution is 9.10. The van der Waals surface area contributed by atoms with Crippen LogP contribution in [0.4, 0.5) is 0 Å². The fraction of sp³-hybridized carbons (Fsp3) is 0.514. The van der Waals surface area contributed by atoms with Crippen LogP contribution in [-0.2, 0) is 16.2 Å². The molecule has 0 unspecified atom stereocenters. The Morgan fingerprint density at radius 3 is 1.93 bits per heavy atom. The van der Waals surface area contributed by atoms with E-state index in [0.717, 1.165) is 63.8 Å². The summed E-state index contributed by atoms with van der Waals surface area (Å²) in [7, 11) is 1.65.